The zero-order chi connectivity index (χ0) is 9.26. The maximum Gasteiger partial charge on any atom is 0.00387 e. The van der Waals surface area contributed by atoms with Gasteiger partial charge in [-0.05, 0) is 51.5 Å². The Morgan fingerprint density at radius 3 is 2.62 bits per heavy atom. The van der Waals surface area contributed by atoms with Crippen LogP contribution in [-0.2, 0) is 0 Å². The number of nitrogens with zero attached hydrogens (tertiary/aromatic N) is 1. The molecule has 1 nitrogen and oxygen atoms in total. The largest absolute Gasteiger partial charge is 0.301 e. The van der Waals surface area contributed by atoms with Gasteiger partial charge < -0.3 is 4.90 Å². The first-order valence-corrected chi connectivity index (χ1v) is 5.99. The molecule has 1 aliphatic heterocycles. The lowest BCUT2D eigenvalue weighted by molar-refractivity contribution is 0.194. The average molecular weight is 181 g/mol. The number of fused-ring (bicyclic) bond motifs is 2. The van der Waals surface area contributed by atoms with Gasteiger partial charge in [0.05, 0.1) is 0 Å². The van der Waals surface area contributed by atoms with Gasteiger partial charge in [-0.1, -0.05) is 12.8 Å². The van der Waals surface area contributed by atoms with Crippen molar-refractivity contribution in [1.82, 2.24) is 4.90 Å². The van der Waals surface area contributed by atoms with Gasteiger partial charge in [-0.3, -0.25) is 0 Å². The van der Waals surface area contributed by atoms with E-state index in [2.05, 4.69) is 18.7 Å². The Kier molecular flexibility index (Phi) is 2.92. The minimum Gasteiger partial charge on any atom is -0.301 e. The number of likely N-dealkylation sites (tertiary alicyclic amines) is 1. The minimum atomic E-state index is 0.763. The van der Waals surface area contributed by atoms with E-state index in [1.807, 2.05) is 0 Å². The minimum absolute atomic E-state index is 0.763. The molecule has 0 radical (unpaired) electrons. The van der Waals surface area contributed by atoms with Gasteiger partial charge >= 0.3 is 0 Å². The highest BCUT2D eigenvalue weighted by atomic mass is 15.1. The highest BCUT2D eigenvalue weighted by Crippen LogP contribution is 2.34. The molecule has 1 aliphatic carbocycles. The second-order valence-electron chi connectivity index (χ2n) is 5.28. The summed E-state index contributed by atoms with van der Waals surface area (Å²) in [7, 11) is 0. The predicted octanol–water partition coefficient (Wildman–Crippen LogP) is 2.91. The smallest absolute Gasteiger partial charge is 0.00387 e. The molecule has 2 atom stereocenters. The van der Waals surface area contributed by atoms with Crippen LogP contribution < -0.4 is 0 Å². The van der Waals surface area contributed by atoms with Gasteiger partial charge in [0.25, 0.3) is 0 Å². The molecule has 1 saturated heterocycles. The molecule has 0 spiro atoms. The third-order valence-corrected chi connectivity index (χ3v) is 3.94. The fourth-order valence-electron chi connectivity index (χ4n) is 3.07. The molecule has 1 saturated carbocycles. The van der Waals surface area contributed by atoms with Crippen LogP contribution in [0.15, 0.2) is 0 Å². The van der Waals surface area contributed by atoms with Crippen molar-refractivity contribution in [1.29, 1.82) is 0 Å². The number of hydrogen-bond donors (Lipinski definition) is 0. The van der Waals surface area contributed by atoms with Crippen molar-refractivity contribution in [2.75, 3.05) is 13.1 Å². The van der Waals surface area contributed by atoms with E-state index in [1.165, 1.54) is 45.2 Å². The molecule has 2 rings (SSSR count). The Morgan fingerprint density at radius 2 is 1.85 bits per heavy atom. The van der Waals surface area contributed by atoms with Crippen LogP contribution in [0.1, 0.15) is 46.0 Å². The highest BCUT2D eigenvalue weighted by molar-refractivity contribution is 4.81. The van der Waals surface area contributed by atoms with Gasteiger partial charge in [-0.2, -0.15) is 0 Å². The molecule has 2 fully saturated rings. The van der Waals surface area contributed by atoms with Crippen LogP contribution >= 0.6 is 0 Å². The Bertz CT molecular complexity index is 165. The van der Waals surface area contributed by atoms with Gasteiger partial charge in [-0.15, -0.1) is 0 Å². The molecule has 2 bridgehead atoms. The van der Waals surface area contributed by atoms with E-state index in [4.69, 9.17) is 0 Å². The lowest BCUT2D eigenvalue weighted by Gasteiger charge is -2.29. The lowest BCUT2D eigenvalue weighted by atomic mass is 9.81. The van der Waals surface area contributed by atoms with Crippen LogP contribution in [0.5, 0.6) is 0 Å². The normalized spacial score (nSPS) is 36.2. The Labute approximate surface area is 82.5 Å². The first kappa shape index (κ1) is 9.51. The Hall–Kier alpha value is -0.0400. The molecule has 1 heterocycles. The van der Waals surface area contributed by atoms with Crippen LogP contribution in [0.4, 0.5) is 0 Å². The summed E-state index contributed by atoms with van der Waals surface area (Å²) in [6.45, 7) is 7.43. The SMILES string of the molecule is CC(C)N1CCC2CCCC(C2)C1. The van der Waals surface area contributed by atoms with Crippen LogP contribution in [-0.4, -0.2) is 24.0 Å². The molecule has 2 unspecified atom stereocenters. The van der Waals surface area contributed by atoms with Crippen molar-refractivity contribution in [2.45, 2.75) is 52.0 Å². The van der Waals surface area contributed by atoms with E-state index in [0.29, 0.717) is 0 Å². The third kappa shape index (κ3) is 2.25. The van der Waals surface area contributed by atoms with Gasteiger partial charge in [-0.25, -0.2) is 0 Å². The first-order chi connectivity index (χ1) is 6.25. The predicted molar refractivity (Wildman–Crippen MR) is 56.8 cm³/mol. The molecule has 0 aromatic carbocycles. The molecule has 76 valence electrons. The Morgan fingerprint density at radius 1 is 1.08 bits per heavy atom. The molecule has 13 heavy (non-hydrogen) atoms. The first-order valence-electron chi connectivity index (χ1n) is 5.99. The molecule has 2 aliphatic rings. The monoisotopic (exact) mass is 181 g/mol. The third-order valence-electron chi connectivity index (χ3n) is 3.94. The van der Waals surface area contributed by atoms with Gasteiger partial charge in [0.1, 0.15) is 0 Å². The summed E-state index contributed by atoms with van der Waals surface area (Å²) >= 11 is 0. The fraction of sp³-hybridized carbons (Fsp3) is 1.00. The van der Waals surface area contributed by atoms with E-state index in [9.17, 15) is 0 Å². The molecular formula is C12H23N. The van der Waals surface area contributed by atoms with Crippen LogP contribution in [0.2, 0.25) is 0 Å². The van der Waals surface area contributed by atoms with Crippen LogP contribution in [0.3, 0.4) is 0 Å². The summed E-state index contributed by atoms with van der Waals surface area (Å²) in [5.74, 6) is 2.10. The quantitative estimate of drug-likeness (QED) is 0.601. The second kappa shape index (κ2) is 4.00. The van der Waals surface area contributed by atoms with Gasteiger partial charge in [0.15, 0.2) is 0 Å². The number of hydrogen-bond acceptors (Lipinski definition) is 1. The summed E-state index contributed by atoms with van der Waals surface area (Å²) < 4.78 is 0. The van der Waals surface area contributed by atoms with E-state index in [1.54, 1.807) is 0 Å². The van der Waals surface area contributed by atoms with E-state index in [-0.39, 0.29) is 0 Å². The average Bonchev–Trinajstić information content (AvgIpc) is 2.25. The fourth-order valence-corrected chi connectivity index (χ4v) is 3.07. The maximum atomic E-state index is 2.69. The standard InChI is InChI=1S/C12H23N/c1-10(2)13-7-6-11-4-3-5-12(8-11)9-13/h10-12H,3-9H2,1-2H3. The van der Waals surface area contributed by atoms with Crippen LogP contribution in [0.25, 0.3) is 0 Å². The summed E-state index contributed by atoms with van der Waals surface area (Å²) in [6, 6.07) is 0.763. The molecule has 0 aromatic heterocycles. The van der Waals surface area contributed by atoms with Crippen molar-refractivity contribution in [2.24, 2.45) is 11.8 Å². The van der Waals surface area contributed by atoms with E-state index >= 15 is 0 Å². The zero-order valence-corrected chi connectivity index (χ0v) is 9.13. The van der Waals surface area contributed by atoms with E-state index in [0.717, 1.165) is 17.9 Å². The van der Waals surface area contributed by atoms with Crippen molar-refractivity contribution in [3.8, 4) is 0 Å². The van der Waals surface area contributed by atoms with Crippen molar-refractivity contribution in [3.05, 3.63) is 0 Å². The summed E-state index contributed by atoms with van der Waals surface area (Å²) in [4.78, 5) is 2.69. The lowest BCUT2D eigenvalue weighted by Crippen LogP contribution is -2.34. The topological polar surface area (TPSA) is 3.24 Å². The molecular weight excluding hydrogens is 158 g/mol. The number of rotatable bonds is 1. The van der Waals surface area contributed by atoms with Gasteiger partial charge in [0.2, 0.25) is 0 Å². The van der Waals surface area contributed by atoms with Crippen molar-refractivity contribution in [3.63, 3.8) is 0 Å². The summed E-state index contributed by atoms with van der Waals surface area (Å²) in [5, 5.41) is 0. The van der Waals surface area contributed by atoms with Gasteiger partial charge in [0, 0.05) is 12.6 Å². The zero-order valence-electron chi connectivity index (χ0n) is 9.13. The summed E-state index contributed by atoms with van der Waals surface area (Å²) in [6.07, 6.45) is 7.52. The molecule has 0 N–H and O–H groups in total. The molecule has 1 heteroatoms. The molecule has 0 amide bonds. The second-order valence-corrected chi connectivity index (χ2v) is 5.28. The van der Waals surface area contributed by atoms with Crippen LogP contribution in [0, 0.1) is 11.8 Å². The van der Waals surface area contributed by atoms with E-state index < -0.39 is 0 Å². The highest BCUT2D eigenvalue weighted by Gasteiger charge is 2.28. The maximum absolute atomic E-state index is 2.69. The Balaban J connectivity index is 1.97. The van der Waals surface area contributed by atoms with Crippen molar-refractivity contribution < 1.29 is 0 Å². The van der Waals surface area contributed by atoms with Crippen molar-refractivity contribution >= 4 is 0 Å². The molecule has 0 aromatic rings. The summed E-state index contributed by atoms with van der Waals surface area (Å²) in [5.41, 5.74) is 0.